The van der Waals surface area contributed by atoms with Crippen molar-refractivity contribution < 1.29 is 24.5 Å². The van der Waals surface area contributed by atoms with Crippen LogP contribution in [0.2, 0.25) is 10.0 Å². The van der Waals surface area contributed by atoms with Crippen molar-refractivity contribution >= 4 is 46.5 Å². The summed E-state index contributed by atoms with van der Waals surface area (Å²) >= 11 is 12.1. The van der Waals surface area contributed by atoms with Crippen LogP contribution in [0.25, 0.3) is 0 Å². The highest BCUT2D eigenvalue weighted by Crippen LogP contribution is 2.33. The van der Waals surface area contributed by atoms with Gasteiger partial charge in [-0.2, -0.15) is 0 Å². The molecule has 30 heavy (non-hydrogen) atoms. The number of aliphatic hydroxyl groups is 1. The monoisotopic (exact) mass is 456 g/mol. The normalized spacial score (nSPS) is 12.8. The smallest absolute Gasteiger partial charge is 0.353 e. The summed E-state index contributed by atoms with van der Waals surface area (Å²) in [7, 11) is 0. The number of hydrogen-bond donors (Lipinski definition) is 4. The van der Waals surface area contributed by atoms with Crippen molar-refractivity contribution in [1.29, 1.82) is 0 Å². The highest BCUT2D eigenvalue weighted by molar-refractivity contribution is 6.39. The fourth-order valence-corrected chi connectivity index (χ4v) is 2.58. The highest BCUT2D eigenvalue weighted by atomic mass is 35.5. The van der Waals surface area contributed by atoms with Crippen LogP contribution in [0, 0.1) is 0 Å². The van der Waals surface area contributed by atoms with Crippen molar-refractivity contribution in [2.45, 2.75) is 45.4 Å². The molecule has 5 N–H and O–H groups in total. The predicted octanol–water partition coefficient (Wildman–Crippen LogP) is 4.36. The number of nitrogens with one attached hydrogen (secondary N) is 1. The second-order valence-corrected chi connectivity index (χ2v) is 8.41. The molecule has 0 heterocycles. The van der Waals surface area contributed by atoms with E-state index in [1.165, 1.54) is 6.92 Å². The molecule has 2 rings (SSSR count). The van der Waals surface area contributed by atoms with Gasteiger partial charge in [0, 0.05) is 5.69 Å². The van der Waals surface area contributed by atoms with E-state index in [1.54, 1.807) is 57.2 Å². The van der Waals surface area contributed by atoms with Gasteiger partial charge in [0.15, 0.2) is 0 Å². The van der Waals surface area contributed by atoms with Gasteiger partial charge in [0.05, 0.1) is 22.2 Å². The maximum Gasteiger partial charge on any atom is 0.353 e. The zero-order valence-electron chi connectivity index (χ0n) is 17.2. The van der Waals surface area contributed by atoms with E-state index in [4.69, 9.17) is 43.9 Å². The van der Waals surface area contributed by atoms with Crippen molar-refractivity contribution in [1.82, 2.24) is 0 Å². The van der Waals surface area contributed by atoms with Crippen LogP contribution in [0.15, 0.2) is 42.5 Å². The standard InChI is InChI=1S/C14H11Cl2NO2.C7H15NO3/c15-10-5-3-6-11(16)14(10)17-12-7-2-1-4-9(12)8-13(18)19;1-6(2,3)11-5(9)7(4,8)10/h1-7,17H,8H2,(H,18,19);10H,8H2,1-4H3. The zero-order chi connectivity index (χ0) is 23.1. The molecule has 2 aromatic carbocycles. The van der Waals surface area contributed by atoms with E-state index in [0.29, 0.717) is 27.0 Å². The van der Waals surface area contributed by atoms with Crippen LogP contribution >= 0.6 is 23.2 Å². The maximum absolute atomic E-state index is 10.9. The van der Waals surface area contributed by atoms with Gasteiger partial charge in [0.25, 0.3) is 0 Å². The van der Waals surface area contributed by atoms with Crippen molar-refractivity contribution in [3.05, 3.63) is 58.1 Å². The van der Waals surface area contributed by atoms with E-state index in [9.17, 15) is 9.59 Å². The number of benzene rings is 2. The molecule has 0 fully saturated rings. The van der Waals surface area contributed by atoms with E-state index in [1.807, 2.05) is 6.07 Å². The van der Waals surface area contributed by atoms with Crippen molar-refractivity contribution in [3.63, 3.8) is 0 Å². The van der Waals surface area contributed by atoms with E-state index in [2.05, 4.69) is 5.32 Å². The molecule has 0 saturated heterocycles. The summed E-state index contributed by atoms with van der Waals surface area (Å²) in [5.41, 5.74) is 4.49. The summed E-state index contributed by atoms with van der Waals surface area (Å²) in [6, 6.07) is 12.3. The maximum atomic E-state index is 10.9. The van der Waals surface area contributed by atoms with Gasteiger partial charge in [-0.3, -0.25) is 10.5 Å². The lowest BCUT2D eigenvalue weighted by Gasteiger charge is -2.24. The van der Waals surface area contributed by atoms with Crippen LogP contribution < -0.4 is 11.1 Å². The van der Waals surface area contributed by atoms with Crippen molar-refractivity contribution in [2.75, 3.05) is 5.32 Å². The van der Waals surface area contributed by atoms with Crippen LogP contribution in [-0.2, 0) is 20.7 Å². The minimum atomic E-state index is -1.90. The number of esters is 1. The molecule has 0 aliphatic rings. The summed E-state index contributed by atoms with van der Waals surface area (Å²) in [6.07, 6.45) is -0.0642. The Hall–Kier alpha value is -2.32. The number of ether oxygens (including phenoxy) is 1. The Kier molecular flexibility index (Phi) is 9.11. The van der Waals surface area contributed by atoms with E-state index in [-0.39, 0.29) is 6.42 Å². The largest absolute Gasteiger partial charge is 0.481 e. The average Bonchev–Trinajstić information content (AvgIpc) is 2.57. The molecule has 9 heteroatoms. The third-order valence-electron chi connectivity index (χ3n) is 3.39. The van der Waals surface area contributed by atoms with Crippen LogP contribution in [0.4, 0.5) is 11.4 Å². The summed E-state index contributed by atoms with van der Waals surface area (Å²) in [5, 5.41) is 21.9. The number of carboxylic acids is 1. The molecule has 1 unspecified atom stereocenters. The number of carboxylic acid groups (broad SMARTS) is 1. The summed E-state index contributed by atoms with van der Waals surface area (Å²) < 4.78 is 4.79. The Morgan fingerprint density at radius 2 is 1.57 bits per heavy atom. The van der Waals surface area contributed by atoms with E-state index >= 15 is 0 Å². The highest BCUT2D eigenvalue weighted by Gasteiger charge is 2.30. The van der Waals surface area contributed by atoms with Crippen LogP contribution in [0.1, 0.15) is 33.3 Å². The molecule has 0 aliphatic carbocycles. The van der Waals surface area contributed by atoms with Gasteiger partial charge in [-0.15, -0.1) is 0 Å². The first kappa shape index (κ1) is 25.7. The van der Waals surface area contributed by atoms with Gasteiger partial charge in [-0.05, 0) is 51.5 Å². The molecule has 2 aromatic rings. The van der Waals surface area contributed by atoms with Gasteiger partial charge in [0.2, 0.25) is 5.72 Å². The molecule has 0 aromatic heterocycles. The number of halogens is 2. The Bertz CT molecular complexity index is 869. The lowest BCUT2D eigenvalue weighted by Crippen LogP contribution is -2.48. The molecule has 0 spiro atoms. The number of hydrogen-bond acceptors (Lipinski definition) is 6. The minimum absolute atomic E-state index is 0.0642. The van der Waals surface area contributed by atoms with Crippen LogP contribution in [0.3, 0.4) is 0 Å². The first-order chi connectivity index (χ1) is 13.7. The SMILES string of the molecule is CC(C)(C)OC(=O)C(C)(N)O.O=C(O)Cc1ccccc1Nc1c(Cl)cccc1Cl. The van der Waals surface area contributed by atoms with Gasteiger partial charge in [-0.25, -0.2) is 4.79 Å². The Labute approximate surface area is 185 Å². The molecule has 1 atom stereocenters. The average molecular weight is 457 g/mol. The molecule has 0 amide bonds. The van der Waals surface area contributed by atoms with Crippen LogP contribution in [-0.4, -0.2) is 33.5 Å². The van der Waals surface area contributed by atoms with Gasteiger partial charge < -0.3 is 20.3 Å². The lowest BCUT2D eigenvalue weighted by molar-refractivity contribution is -0.174. The van der Waals surface area contributed by atoms with Crippen molar-refractivity contribution in [3.8, 4) is 0 Å². The Morgan fingerprint density at radius 1 is 1.03 bits per heavy atom. The van der Waals surface area contributed by atoms with E-state index in [0.717, 1.165) is 0 Å². The second kappa shape index (κ2) is 10.6. The van der Waals surface area contributed by atoms with Crippen molar-refractivity contribution in [2.24, 2.45) is 5.73 Å². The van der Waals surface area contributed by atoms with Gasteiger partial charge in [0.1, 0.15) is 5.60 Å². The second-order valence-electron chi connectivity index (χ2n) is 7.60. The molecular formula is C21H26Cl2N2O5. The fraction of sp³-hybridized carbons (Fsp3) is 0.333. The Balaban J connectivity index is 0.000000352. The fourth-order valence-electron chi connectivity index (χ4n) is 2.09. The van der Waals surface area contributed by atoms with Gasteiger partial charge in [-0.1, -0.05) is 47.5 Å². The molecule has 0 bridgehead atoms. The Morgan fingerprint density at radius 3 is 2.00 bits per heavy atom. The summed E-state index contributed by atoms with van der Waals surface area (Å²) in [6.45, 7) is 6.30. The topological polar surface area (TPSA) is 122 Å². The molecule has 7 nitrogen and oxygen atoms in total. The molecular weight excluding hydrogens is 431 g/mol. The quantitative estimate of drug-likeness (QED) is 0.389. The summed E-state index contributed by atoms with van der Waals surface area (Å²) in [5.74, 6) is -1.70. The number of para-hydroxylation sites is 2. The summed E-state index contributed by atoms with van der Waals surface area (Å²) in [4.78, 5) is 21.7. The molecule has 0 aliphatic heterocycles. The number of carbonyl (C=O) groups is 2. The third kappa shape index (κ3) is 9.00. The molecule has 0 radical (unpaired) electrons. The van der Waals surface area contributed by atoms with E-state index < -0.39 is 23.3 Å². The van der Waals surface area contributed by atoms with Crippen LogP contribution in [0.5, 0.6) is 0 Å². The number of anilines is 2. The van der Waals surface area contributed by atoms with Gasteiger partial charge >= 0.3 is 11.9 Å². The number of rotatable bonds is 5. The zero-order valence-corrected chi connectivity index (χ0v) is 18.7. The number of nitrogens with two attached hydrogens (primary N) is 1. The molecule has 0 saturated carbocycles. The third-order valence-corrected chi connectivity index (χ3v) is 4.02. The number of aliphatic carboxylic acids is 1. The molecule has 164 valence electrons. The first-order valence-corrected chi connectivity index (χ1v) is 9.71. The lowest BCUT2D eigenvalue weighted by atomic mass is 10.1. The number of carbonyl (C=O) groups excluding carboxylic acids is 1. The first-order valence-electron chi connectivity index (χ1n) is 8.96. The minimum Gasteiger partial charge on any atom is -0.481 e. The predicted molar refractivity (Wildman–Crippen MR) is 118 cm³/mol.